The third-order valence-corrected chi connectivity index (χ3v) is 10.6. The Labute approximate surface area is 195 Å². The zero-order chi connectivity index (χ0) is 22.7. The molecule has 2 aromatic rings. The molecule has 1 aliphatic heterocycles. The van der Waals surface area contributed by atoms with E-state index in [0.29, 0.717) is 5.04 Å². The normalized spacial score (nSPS) is 23.8. The standard InChI is InChI=1S/C26H39N5Si/c1-19(2)26(32-5)15-13-22(14-16-26)24(30-17-8-6-7-9-18-30)25-27-28-29-31(25)23-20(3)11-10-12-21(23)4/h10-13,24H,1,6-9,14-18,32H2,2-5H3. The van der Waals surface area contributed by atoms with Gasteiger partial charge in [0.15, 0.2) is 5.82 Å². The third-order valence-electron chi connectivity index (χ3n) is 7.98. The lowest BCUT2D eigenvalue weighted by Crippen LogP contribution is -2.35. The summed E-state index contributed by atoms with van der Waals surface area (Å²) < 4.78 is 2.02. The van der Waals surface area contributed by atoms with Crippen molar-refractivity contribution in [1.82, 2.24) is 25.1 Å². The number of para-hydroxylation sites is 1. The van der Waals surface area contributed by atoms with Gasteiger partial charge in [0.05, 0.1) is 11.7 Å². The second-order valence-electron chi connectivity index (χ2n) is 9.94. The minimum atomic E-state index is -0.178. The monoisotopic (exact) mass is 449 g/mol. The van der Waals surface area contributed by atoms with Gasteiger partial charge < -0.3 is 0 Å². The highest BCUT2D eigenvalue weighted by atomic mass is 28.2. The number of hydrogen-bond acceptors (Lipinski definition) is 4. The van der Waals surface area contributed by atoms with Gasteiger partial charge in [-0.15, -0.1) is 5.10 Å². The van der Waals surface area contributed by atoms with E-state index in [-0.39, 0.29) is 15.6 Å². The molecule has 1 aliphatic carbocycles. The third kappa shape index (κ3) is 4.40. The second-order valence-corrected chi connectivity index (χ2v) is 12.0. The van der Waals surface area contributed by atoms with Crippen LogP contribution in [-0.2, 0) is 0 Å². The van der Waals surface area contributed by atoms with E-state index in [1.165, 1.54) is 54.4 Å². The summed E-state index contributed by atoms with van der Waals surface area (Å²) in [6.07, 6.45) is 11.2. The molecule has 0 spiro atoms. The smallest absolute Gasteiger partial charge is 0.177 e. The number of benzene rings is 1. The first-order chi connectivity index (χ1) is 15.5. The predicted molar refractivity (Wildman–Crippen MR) is 135 cm³/mol. The topological polar surface area (TPSA) is 46.8 Å². The van der Waals surface area contributed by atoms with Gasteiger partial charge in [0.2, 0.25) is 0 Å². The molecule has 1 fully saturated rings. The van der Waals surface area contributed by atoms with E-state index in [1.54, 1.807) is 0 Å². The van der Waals surface area contributed by atoms with Crippen molar-refractivity contribution in [3.05, 3.63) is 59.0 Å². The van der Waals surface area contributed by atoms with Gasteiger partial charge >= 0.3 is 0 Å². The maximum Gasteiger partial charge on any atom is 0.177 e. The molecule has 2 aliphatic rings. The Balaban J connectivity index is 1.78. The Bertz CT molecular complexity index is 966. The molecule has 32 heavy (non-hydrogen) atoms. The quantitative estimate of drug-likeness (QED) is 0.446. The second kappa shape index (κ2) is 9.83. The zero-order valence-corrected chi connectivity index (χ0v) is 21.8. The number of likely N-dealkylation sites (tertiary alicyclic amines) is 1. The Morgan fingerprint density at radius 1 is 1.12 bits per heavy atom. The van der Waals surface area contributed by atoms with Crippen LogP contribution < -0.4 is 0 Å². The first kappa shape index (κ1) is 23.1. The van der Waals surface area contributed by atoms with Crippen molar-refractivity contribution >= 4 is 9.52 Å². The molecule has 2 unspecified atom stereocenters. The van der Waals surface area contributed by atoms with Gasteiger partial charge in [-0.25, -0.2) is 0 Å². The molecule has 0 bridgehead atoms. The first-order valence-electron chi connectivity index (χ1n) is 12.4. The van der Waals surface area contributed by atoms with Gasteiger partial charge in [-0.2, -0.15) is 4.68 Å². The summed E-state index contributed by atoms with van der Waals surface area (Å²) in [6.45, 7) is 15.6. The van der Waals surface area contributed by atoms with E-state index in [4.69, 9.17) is 0 Å². The summed E-state index contributed by atoms with van der Waals surface area (Å²) in [5.74, 6) is 0.979. The summed E-state index contributed by atoms with van der Waals surface area (Å²) in [6, 6.07) is 6.58. The Morgan fingerprint density at radius 3 is 2.38 bits per heavy atom. The van der Waals surface area contributed by atoms with Crippen LogP contribution in [0.2, 0.25) is 11.6 Å². The molecule has 5 nitrogen and oxygen atoms in total. The van der Waals surface area contributed by atoms with E-state index < -0.39 is 0 Å². The lowest BCUT2D eigenvalue weighted by molar-refractivity contribution is 0.214. The Morgan fingerprint density at radius 2 is 1.81 bits per heavy atom. The van der Waals surface area contributed by atoms with Crippen molar-refractivity contribution in [2.75, 3.05) is 13.1 Å². The van der Waals surface area contributed by atoms with Gasteiger partial charge in [-0.1, -0.05) is 55.8 Å². The number of allylic oxidation sites excluding steroid dienone is 2. The molecule has 0 saturated carbocycles. The summed E-state index contributed by atoms with van der Waals surface area (Å²) in [5, 5.41) is 13.7. The molecule has 1 saturated heterocycles. The van der Waals surface area contributed by atoms with Crippen LogP contribution >= 0.6 is 0 Å². The van der Waals surface area contributed by atoms with Crippen molar-refractivity contribution in [3.63, 3.8) is 0 Å². The van der Waals surface area contributed by atoms with E-state index in [2.05, 4.69) is 78.6 Å². The Kier molecular flexibility index (Phi) is 7.10. The highest BCUT2D eigenvalue weighted by molar-refractivity contribution is 6.39. The minimum Gasteiger partial charge on any atom is -0.290 e. The molecular formula is C26H39N5Si. The van der Waals surface area contributed by atoms with Crippen molar-refractivity contribution < 1.29 is 0 Å². The van der Waals surface area contributed by atoms with Crippen LogP contribution in [0.1, 0.15) is 74.9 Å². The molecule has 4 rings (SSSR count). The molecule has 1 aromatic carbocycles. The summed E-state index contributed by atoms with van der Waals surface area (Å²) in [7, 11) is -0.178. The molecule has 2 atom stereocenters. The fraction of sp³-hybridized carbons (Fsp3) is 0.577. The number of rotatable bonds is 6. The van der Waals surface area contributed by atoms with Crippen molar-refractivity contribution in [2.24, 2.45) is 0 Å². The maximum absolute atomic E-state index is 4.66. The van der Waals surface area contributed by atoms with Gasteiger partial charge in [0, 0.05) is 9.52 Å². The van der Waals surface area contributed by atoms with Crippen LogP contribution in [0.5, 0.6) is 0 Å². The highest BCUT2D eigenvalue weighted by Crippen LogP contribution is 2.49. The van der Waals surface area contributed by atoms with Crippen LogP contribution in [0.3, 0.4) is 0 Å². The molecule has 2 heterocycles. The fourth-order valence-electron chi connectivity index (χ4n) is 5.75. The predicted octanol–water partition coefficient (Wildman–Crippen LogP) is 5.26. The Hall–Kier alpha value is -2.05. The van der Waals surface area contributed by atoms with E-state index in [9.17, 15) is 0 Å². The number of hydrogen-bond donors (Lipinski definition) is 0. The molecule has 6 heteroatoms. The van der Waals surface area contributed by atoms with Crippen LogP contribution in [-0.4, -0.2) is 47.7 Å². The number of aromatic nitrogens is 4. The van der Waals surface area contributed by atoms with Gasteiger partial charge in [-0.05, 0) is 98.1 Å². The summed E-state index contributed by atoms with van der Waals surface area (Å²) in [5.41, 5.74) is 6.44. The van der Waals surface area contributed by atoms with Crippen molar-refractivity contribution in [2.45, 2.75) is 83.3 Å². The van der Waals surface area contributed by atoms with E-state index in [1.807, 2.05) is 4.68 Å². The van der Waals surface area contributed by atoms with E-state index >= 15 is 0 Å². The lowest BCUT2D eigenvalue weighted by Gasteiger charge is -2.40. The van der Waals surface area contributed by atoms with Crippen LogP contribution in [0.4, 0.5) is 0 Å². The summed E-state index contributed by atoms with van der Waals surface area (Å²) in [4.78, 5) is 2.66. The van der Waals surface area contributed by atoms with Gasteiger partial charge in [0.1, 0.15) is 0 Å². The van der Waals surface area contributed by atoms with Gasteiger partial charge in [-0.3, -0.25) is 4.90 Å². The molecule has 1 aromatic heterocycles. The lowest BCUT2D eigenvalue weighted by atomic mass is 9.81. The minimum absolute atomic E-state index is 0.156. The zero-order valence-electron chi connectivity index (χ0n) is 20.4. The van der Waals surface area contributed by atoms with Crippen LogP contribution in [0.15, 0.2) is 42.0 Å². The molecular weight excluding hydrogens is 410 g/mol. The maximum atomic E-state index is 4.66. The van der Waals surface area contributed by atoms with Crippen LogP contribution in [0, 0.1) is 13.8 Å². The number of tetrazole rings is 1. The number of aryl methyl sites for hydroxylation is 2. The van der Waals surface area contributed by atoms with Crippen molar-refractivity contribution in [3.8, 4) is 5.69 Å². The van der Waals surface area contributed by atoms with Gasteiger partial charge in [0.25, 0.3) is 0 Å². The number of nitrogens with zero attached hydrogens (tertiary/aromatic N) is 5. The molecule has 172 valence electrons. The van der Waals surface area contributed by atoms with E-state index in [0.717, 1.165) is 37.4 Å². The summed E-state index contributed by atoms with van der Waals surface area (Å²) >= 11 is 0. The fourth-order valence-corrected chi connectivity index (χ4v) is 7.32. The average molecular weight is 450 g/mol. The van der Waals surface area contributed by atoms with Crippen LogP contribution in [0.25, 0.3) is 5.69 Å². The molecule has 0 radical (unpaired) electrons. The SMILES string of the molecule is C=C(C)C1([SiH2]C)CC=C(C(c2nnnn2-c2c(C)cccc2C)N2CCCCCC2)CC1. The first-order valence-corrected chi connectivity index (χ1v) is 14.5. The molecule has 0 amide bonds. The largest absolute Gasteiger partial charge is 0.290 e. The van der Waals surface area contributed by atoms with Crippen molar-refractivity contribution in [1.29, 1.82) is 0 Å². The highest BCUT2D eigenvalue weighted by Gasteiger charge is 2.37. The molecule has 0 N–H and O–H groups in total. The average Bonchev–Trinajstić information content (AvgIpc) is 3.08.